The van der Waals surface area contributed by atoms with E-state index < -0.39 is 23.8 Å². The van der Waals surface area contributed by atoms with Crippen LogP contribution in [0.4, 0.5) is 24.9 Å². The molecule has 1 aliphatic carbocycles. The summed E-state index contributed by atoms with van der Waals surface area (Å²) in [6, 6.07) is 17.4. The Labute approximate surface area is 248 Å². The van der Waals surface area contributed by atoms with Crippen LogP contribution in [0.15, 0.2) is 88.7 Å². The van der Waals surface area contributed by atoms with Crippen molar-refractivity contribution in [3.63, 3.8) is 0 Å². The van der Waals surface area contributed by atoms with Gasteiger partial charge in [-0.1, -0.05) is 60.1 Å². The van der Waals surface area contributed by atoms with Gasteiger partial charge in [0.2, 0.25) is 6.17 Å². The summed E-state index contributed by atoms with van der Waals surface area (Å²) in [5.41, 5.74) is 2.10. The molecule has 1 aliphatic heterocycles. The number of amides is 1. The molecule has 4 heterocycles. The summed E-state index contributed by atoms with van der Waals surface area (Å²) in [5, 5.41) is 13.7. The number of nitrogens with one attached hydrogen (secondary N) is 2. The third-order valence-corrected chi connectivity index (χ3v) is 7.55. The molecule has 7 rings (SSSR count). The highest BCUT2D eigenvalue weighted by Gasteiger charge is 2.33. The number of aromatic nitrogens is 5. The number of nitrogens with zero attached hydrogens (tertiary/aromatic N) is 6. The van der Waals surface area contributed by atoms with Crippen LogP contribution in [0.3, 0.4) is 0 Å². The van der Waals surface area contributed by atoms with Crippen molar-refractivity contribution >= 4 is 23.3 Å². The number of hydrogen-bond donors (Lipinski definition) is 2. The molecule has 0 bridgehead atoms. The van der Waals surface area contributed by atoms with Crippen LogP contribution in [-0.2, 0) is 11.0 Å². The van der Waals surface area contributed by atoms with E-state index in [1.54, 1.807) is 12.1 Å². The van der Waals surface area contributed by atoms with E-state index in [2.05, 4.69) is 35.8 Å². The van der Waals surface area contributed by atoms with E-state index in [0.29, 0.717) is 29.0 Å². The van der Waals surface area contributed by atoms with Crippen molar-refractivity contribution in [1.82, 2.24) is 25.1 Å². The first kappa shape index (κ1) is 27.4. The van der Waals surface area contributed by atoms with Gasteiger partial charge in [-0.3, -0.25) is 4.79 Å². The molecule has 0 radical (unpaired) electrons. The van der Waals surface area contributed by atoms with Gasteiger partial charge in [-0.2, -0.15) is 13.2 Å². The molecule has 0 saturated heterocycles. The Balaban J connectivity index is 1.23. The molecule has 2 aromatic carbocycles. The van der Waals surface area contributed by atoms with Crippen molar-refractivity contribution in [2.75, 3.05) is 10.6 Å². The molecule has 10 nitrogen and oxygen atoms in total. The Morgan fingerprint density at radius 2 is 1.61 bits per heavy atom. The lowest BCUT2D eigenvalue weighted by molar-refractivity contribution is -0.137. The number of benzodiazepines with no additional fused rings is 1. The van der Waals surface area contributed by atoms with Gasteiger partial charge in [0.15, 0.2) is 0 Å². The van der Waals surface area contributed by atoms with Crippen LogP contribution in [0.1, 0.15) is 47.7 Å². The molecule has 1 saturated carbocycles. The number of benzene rings is 2. The average molecular weight is 597 g/mol. The van der Waals surface area contributed by atoms with Gasteiger partial charge in [0.05, 0.1) is 17.0 Å². The van der Waals surface area contributed by atoms with Crippen LogP contribution in [0, 0.1) is 0 Å². The van der Waals surface area contributed by atoms with Gasteiger partial charge in [-0.25, -0.2) is 19.9 Å². The quantitative estimate of drug-likeness (QED) is 0.240. The van der Waals surface area contributed by atoms with Crippen molar-refractivity contribution in [2.24, 2.45) is 4.99 Å². The zero-order chi connectivity index (χ0) is 30.3. The number of aliphatic imine (C=N–C) groups is 1. The molecule has 5 aromatic rings. The zero-order valence-corrected chi connectivity index (χ0v) is 22.9. The normalized spacial score (nSPS) is 16.8. The second-order valence-corrected chi connectivity index (χ2v) is 10.4. The Morgan fingerprint density at radius 1 is 0.864 bits per heavy atom. The van der Waals surface area contributed by atoms with Crippen molar-refractivity contribution < 1.29 is 22.4 Å². The first-order chi connectivity index (χ1) is 21.3. The van der Waals surface area contributed by atoms with E-state index in [1.807, 2.05) is 42.5 Å². The molecular weight excluding hydrogens is 573 g/mol. The summed E-state index contributed by atoms with van der Waals surface area (Å²) in [7, 11) is 0. The third-order valence-electron chi connectivity index (χ3n) is 7.55. The number of carbonyl (C=O) groups is 1. The molecule has 1 amide bonds. The van der Waals surface area contributed by atoms with Gasteiger partial charge in [0, 0.05) is 46.8 Å². The van der Waals surface area contributed by atoms with Crippen molar-refractivity contribution in [3.05, 3.63) is 102 Å². The predicted molar refractivity (Wildman–Crippen MR) is 155 cm³/mol. The molecular formula is C31H23F3N8O2. The van der Waals surface area contributed by atoms with E-state index in [1.165, 1.54) is 12.4 Å². The number of halogens is 3. The van der Waals surface area contributed by atoms with Gasteiger partial charge < -0.3 is 15.1 Å². The van der Waals surface area contributed by atoms with Gasteiger partial charge >= 0.3 is 12.2 Å². The standard InChI is InChI=1S/C31H23F3N8O2/c32-31(33,34)20-13-22(19-14-36-26(37-15-19)18-9-6-10-18)25(35-16-20)29-41-42-30(44-29)40-27-28(43)38-23-12-5-4-11-21(23)24(39-27)17-7-2-1-3-8-17/h1-5,7-8,11-16,18,27H,6,9-10H2,(H,38,43)(H,40,42). The van der Waals surface area contributed by atoms with Crippen LogP contribution in [0.2, 0.25) is 0 Å². The first-order valence-electron chi connectivity index (χ1n) is 13.9. The smallest absolute Gasteiger partial charge is 0.402 e. The van der Waals surface area contributed by atoms with Gasteiger partial charge in [0.25, 0.3) is 11.8 Å². The minimum Gasteiger partial charge on any atom is -0.402 e. The van der Waals surface area contributed by atoms with Crippen LogP contribution in [0.25, 0.3) is 22.7 Å². The molecule has 0 spiro atoms. The number of anilines is 2. The second kappa shape index (κ2) is 11.0. The average Bonchev–Trinajstić information content (AvgIpc) is 3.42. The SMILES string of the molecule is O=C1Nc2ccccc2C(c2ccccc2)=NC1Nc1nnc(-c2ncc(C(F)(F)F)cc2-c2cnc(C3CCC3)nc2)o1. The fourth-order valence-electron chi connectivity index (χ4n) is 5.04. The number of alkyl halides is 3. The number of fused-ring (bicyclic) bond motifs is 1. The number of pyridine rings is 1. The molecule has 2 aliphatic rings. The van der Waals surface area contributed by atoms with Crippen LogP contribution < -0.4 is 10.6 Å². The van der Waals surface area contributed by atoms with E-state index in [0.717, 1.165) is 36.5 Å². The first-order valence-corrected chi connectivity index (χ1v) is 13.9. The fraction of sp³-hybridized carbons (Fsp3) is 0.194. The summed E-state index contributed by atoms with van der Waals surface area (Å²) >= 11 is 0. The van der Waals surface area contributed by atoms with Gasteiger partial charge in [0.1, 0.15) is 11.5 Å². The zero-order valence-electron chi connectivity index (χ0n) is 22.9. The minimum absolute atomic E-state index is 0.00439. The summed E-state index contributed by atoms with van der Waals surface area (Å²) < 4.78 is 46.7. The number of rotatable bonds is 6. The molecule has 1 atom stereocenters. The van der Waals surface area contributed by atoms with Gasteiger partial charge in [-0.05, 0) is 25.0 Å². The van der Waals surface area contributed by atoms with E-state index in [9.17, 15) is 18.0 Å². The highest BCUT2D eigenvalue weighted by Crippen LogP contribution is 2.38. The lowest BCUT2D eigenvalue weighted by Gasteiger charge is -2.23. The largest absolute Gasteiger partial charge is 0.417 e. The van der Waals surface area contributed by atoms with Gasteiger partial charge in [-0.15, -0.1) is 5.10 Å². The Morgan fingerprint density at radius 3 is 2.34 bits per heavy atom. The second-order valence-electron chi connectivity index (χ2n) is 10.4. The highest BCUT2D eigenvalue weighted by molar-refractivity contribution is 6.19. The maximum atomic E-state index is 13.6. The number of hydrogen-bond acceptors (Lipinski definition) is 9. The highest BCUT2D eigenvalue weighted by atomic mass is 19.4. The molecule has 2 N–H and O–H groups in total. The van der Waals surface area contributed by atoms with E-state index in [-0.39, 0.29) is 29.1 Å². The fourth-order valence-corrected chi connectivity index (χ4v) is 5.04. The summed E-state index contributed by atoms with van der Waals surface area (Å²) in [5.74, 6) is 0.279. The lowest BCUT2D eigenvalue weighted by atomic mass is 9.85. The Hall–Kier alpha value is -5.46. The van der Waals surface area contributed by atoms with Crippen molar-refractivity contribution in [1.29, 1.82) is 0 Å². The number of carbonyl (C=O) groups excluding carboxylic acids is 1. The Kier molecular flexibility index (Phi) is 6.84. The minimum atomic E-state index is -4.63. The molecule has 1 fully saturated rings. The molecule has 1 unspecified atom stereocenters. The number of para-hydroxylation sites is 1. The predicted octanol–water partition coefficient (Wildman–Crippen LogP) is 6.10. The monoisotopic (exact) mass is 596 g/mol. The van der Waals surface area contributed by atoms with E-state index >= 15 is 0 Å². The third kappa shape index (κ3) is 5.27. The van der Waals surface area contributed by atoms with Crippen molar-refractivity contribution in [3.8, 4) is 22.7 Å². The maximum Gasteiger partial charge on any atom is 0.417 e. The maximum absolute atomic E-state index is 13.6. The van der Waals surface area contributed by atoms with Crippen LogP contribution >= 0.6 is 0 Å². The van der Waals surface area contributed by atoms with Crippen LogP contribution in [0.5, 0.6) is 0 Å². The summed E-state index contributed by atoms with van der Waals surface area (Å²) in [6.07, 6.45) is 0.913. The topological polar surface area (TPSA) is 131 Å². The van der Waals surface area contributed by atoms with E-state index in [4.69, 9.17) is 9.41 Å². The summed E-state index contributed by atoms with van der Waals surface area (Å²) in [6.45, 7) is 0. The molecule has 220 valence electrons. The Bertz CT molecular complexity index is 1870. The molecule has 13 heteroatoms. The lowest BCUT2D eigenvalue weighted by Crippen LogP contribution is -2.32. The summed E-state index contributed by atoms with van der Waals surface area (Å²) in [4.78, 5) is 30.7. The van der Waals surface area contributed by atoms with Crippen molar-refractivity contribution in [2.45, 2.75) is 37.5 Å². The van der Waals surface area contributed by atoms with Crippen LogP contribution in [-0.4, -0.2) is 42.9 Å². The molecule has 3 aromatic heterocycles. The molecule has 44 heavy (non-hydrogen) atoms.